The van der Waals surface area contributed by atoms with E-state index >= 15 is 0 Å². The Morgan fingerprint density at radius 3 is 2.75 bits per heavy atom. The lowest BCUT2D eigenvalue weighted by Gasteiger charge is -2.11. The molecule has 24 heavy (non-hydrogen) atoms. The van der Waals surface area contributed by atoms with Gasteiger partial charge in [0, 0.05) is 6.20 Å². The van der Waals surface area contributed by atoms with Crippen LogP contribution in [-0.4, -0.2) is 32.2 Å². The third-order valence-electron chi connectivity index (χ3n) is 3.34. The number of carbonyl (C=O) groups is 1. The van der Waals surface area contributed by atoms with Gasteiger partial charge in [-0.05, 0) is 24.6 Å². The fraction of sp³-hybridized carbons (Fsp3) is 0.176. The molecule has 1 atom stereocenters. The van der Waals surface area contributed by atoms with Crippen LogP contribution in [0, 0.1) is 0 Å². The van der Waals surface area contributed by atoms with E-state index < -0.39 is 6.10 Å². The van der Waals surface area contributed by atoms with Crippen molar-refractivity contribution in [2.24, 2.45) is 0 Å². The summed E-state index contributed by atoms with van der Waals surface area (Å²) in [6.07, 6.45) is 1.04. The number of aromatic amines is 1. The number of H-pyrrole nitrogens is 1. The zero-order valence-electron chi connectivity index (χ0n) is 13.1. The largest absolute Gasteiger partial charge is 0.364 e. The molecule has 0 aliphatic rings. The number of anilines is 1. The Balaban J connectivity index is 1.55. The van der Waals surface area contributed by atoms with Crippen LogP contribution >= 0.6 is 0 Å². The molecule has 2 heterocycles. The molecule has 0 unspecified atom stereocenters. The maximum atomic E-state index is 12.1. The van der Waals surface area contributed by atoms with Gasteiger partial charge in [-0.3, -0.25) is 20.2 Å². The molecule has 0 saturated carbocycles. The summed E-state index contributed by atoms with van der Waals surface area (Å²) >= 11 is 0. The van der Waals surface area contributed by atoms with Crippen LogP contribution in [0.3, 0.4) is 0 Å². The van der Waals surface area contributed by atoms with E-state index in [1.54, 1.807) is 19.2 Å². The molecule has 7 heteroatoms. The third-order valence-corrected chi connectivity index (χ3v) is 3.34. The zero-order chi connectivity index (χ0) is 16.8. The number of hydrogen-bond donors (Lipinski definition) is 2. The molecule has 0 aliphatic carbocycles. The van der Waals surface area contributed by atoms with Gasteiger partial charge in [-0.15, -0.1) is 5.10 Å². The number of nitrogens with zero attached hydrogens (tertiary/aromatic N) is 3. The average molecular weight is 323 g/mol. The van der Waals surface area contributed by atoms with E-state index in [1.165, 1.54) is 0 Å². The fourth-order valence-electron chi connectivity index (χ4n) is 2.02. The molecule has 2 N–H and O–H groups in total. The second kappa shape index (κ2) is 7.47. The fourth-order valence-corrected chi connectivity index (χ4v) is 2.02. The Kier molecular flexibility index (Phi) is 4.93. The van der Waals surface area contributed by atoms with Crippen molar-refractivity contribution in [1.82, 2.24) is 20.2 Å². The minimum atomic E-state index is -0.623. The number of carbonyl (C=O) groups excluding carboxylic acids is 1. The molecule has 122 valence electrons. The summed E-state index contributed by atoms with van der Waals surface area (Å²) in [5.74, 6) is 0.372. The highest BCUT2D eigenvalue weighted by Crippen LogP contribution is 2.12. The molecule has 0 saturated heterocycles. The summed E-state index contributed by atoms with van der Waals surface area (Å²) in [5.41, 5.74) is 1.66. The van der Waals surface area contributed by atoms with E-state index in [0.717, 1.165) is 5.56 Å². The molecule has 3 aromatic rings. The first-order chi connectivity index (χ1) is 11.7. The van der Waals surface area contributed by atoms with Gasteiger partial charge in [-0.1, -0.05) is 36.4 Å². The highest BCUT2D eigenvalue weighted by molar-refractivity contribution is 5.92. The summed E-state index contributed by atoms with van der Waals surface area (Å²) in [4.78, 5) is 20.5. The third kappa shape index (κ3) is 4.02. The van der Waals surface area contributed by atoms with Gasteiger partial charge in [-0.25, -0.2) is 0 Å². The SMILES string of the molecule is C[C@@H](OCc1ccccc1)C(=O)Nc1n[nH]c(-c2ccccn2)n1. The molecule has 7 nitrogen and oxygen atoms in total. The van der Waals surface area contributed by atoms with Gasteiger partial charge >= 0.3 is 0 Å². The normalized spacial score (nSPS) is 11.9. The lowest BCUT2D eigenvalue weighted by atomic mass is 10.2. The van der Waals surface area contributed by atoms with E-state index in [9.17, 15) is 4.79 Å². The van der Waals surface area contributed by atoms with Crippen molar-refractivity contribution < 1.29 is 9.53 Å². The first kappa shape index (κ1) is 15.8. The Morgan fingerprint density at radius 1 is 1.21 bits per heavy atom. The van der Waals surface area contributed by atoms with Crippen LogP contribution in [0.2, 0.25) is 0 Å². The van der Waals surface area contributed by atoms with Gasteiger partial charge in [0.05, 0.1) is 6.61 Å². The summed E-state index contributed by atoms with van der Waals surface area (Å²) in [7, 11) is 0. The monoisotopic (exact) mass is 323 g/mol. The van der Waals surface area contributed by atoms with Crippen molar-refractivity contribution in [3.63, 3.8) is 0 Å². The lowest BCUT2D eigenvalue weighted by molar-refractivity contribution is -0.127. The number of ether oxygens (including phenoxy) is 1. The smallest absolute Gasteiger partial charge is 0.255 e. The zero-order valence-corrected chi connectivity index (χ0v) is 13.1. The van der Waals surface area contributed by atoms with Gasteiger partial charge in [-0.2, -0.15) is 4.98 Å². The molecule has 1 aromatic carbocycles. The first-order valence-corrected chi connectivity index (χ1v) is 7.52. The number of aromatic nitrogens is 4. The van der Waals surface area contributed by atoms with Crippen LogP contribution < -0.4 is 5.32 Å². The Labute approximate surface area is 139 Å². The molecule has 1 amide bonds. The quantitative estimate of drug-likeness (QED) is 0.726. The number of nitrogens with one attached hydrogen (secondary N) is 2. The minimum absolute atomic E-state index is 0.191. The van der Waals surface area contributed by atoms with Crippen molar-refractivity contribution in [3.8, 4) is 11.5 Å². The lowest BCUT2D eigenvalue weighted by Crippen LogP contribution is -2.28. The summed E-state index contributed by atoms with van der Waals surface area (Å²) < 4.78 is 5.56. The van der Waals surface area contributed by atoms with E-state index in [2.05, 4.69) is 25.5 Å². The van der Waals surface area contributed by atoms with E-state index in [4.69, 9.17) is 4.74 Å². The molecule has 0 spiro atoms. The highest BCUT2D eigenvalue weighted by Gasteiger charge is 2.16. The number of amides is 1. The van der Waals surface area contributed by atoms with Crippen LogP contribution in [0.15, 0.2) is 54.7 Å². The average Bonchev–Trinajstić information content (AvgIpc) is 3.10. The van der Waals surface area contributed by atoms with E-state index in [1.807, 2.05) is 42.5 Å². The summed E-state index contributed by atoms with van der Waals surface area (Å²) in [6, 6.07) is 15.1. The van der Waals surface area contributed by atoms with Crippen LogP contribution in [0.1, 0.15) is 12.5 Å². The van der Waals surface area contributed by atoms with Crippen LogP contribution in [-0.2, 0) is 16.1 Å². The molecule has 0 bridgehead atoms. The number of hydrogen-bond acceptors (Lipinski definition) is 5. The molecule has 0 aliphatic heterocycles. The van der Waals surface area contributed by atoms with Gasteiger partial charge in [0.2, 0.25) is 5.95 Å². The molecular weight excluding hydrogens is 306 g/mol. The van der Waals surface area contributed by atoms with E-state index in [-0.39, 0.29) is 11.9 Å². The van der Waals surface area contributed by atoms with Gasteiger partial charge in [0.25, 0.3) is 5.91 Å². The highest BCUT2D eigenvalue weighted by atomic mass is 16.5. The van der Waals surface area contributed by atoms with Crippen molar-refractivity contribution in [2.75, 3.05) is 5.32 Å². The second-order valence-electron chi connectivity index (χ2n) is 5.15. The number of rotatable bonds is 6. The summed E-state index contributed by atoms with van der Waals surface area (Å²) in [6.45, 7) is 2.05. The van der Waals surface area contributed by atoms with E-state index in [0.29, 0.717) is 18.1 Å². The van der Waals surface area contributed by atoms with Crippen LogP contribution in [0.4, 0.5) is 5.95 Å². The minimum Gasteiger partial charge on any atom is -0.364 e. The van der Waals surface area contributed by atoms with Gasteiger partial charge in [0.1, 0.15) is 11.8 Å². The number of pyridine rings is 1. The van der Waals surface area contributed by atoms with Crippen LogP contribution in [0.25, 0.3) is 11.5 Å². The van der Waals surface area contributed by atoms with Gasteiger partial charge < -0.3 is 4.74 Å². The predicted octanol–water partition coefficient (Wildman–Crippen LogP) is 2.41. The van der Waals surface area contributed by atoms with Crippen molar-refractivity contribution in [2.45, 2.75) is 19.6 Å². The molecule has 3 rings (SSSR count). The van der Waals surface area contributed by atoms with Gasteiger partial charge in [0.15, 0.2) is 5.82 Å². The molecule has 0 fully saturated rings. The van der Waals surface area contributed by atoms with Crippen molar-refractivity contribution in [1.29, 1.82) is 0 Å². The predicted molar refractivity (Wildman–Crippen MR) is 88.9 cm³/mol. The Morgan fingerprint density at radius 2 is 2.00 bits per heavy atom. The molecule has 0 radical (unpaired) electrons. The first-order valence-electron chi connectivity index (χ1n) is 7.52. The van der Waals surface area contributed by atoms with Crippen molar-refractivity contribution in [3.05, 3.63) is 60.3 Å². The van der Waals surface area contributed by atoms with Crippen LogP contribution in [0.5, 0.6) is 0 Å². The standard InChI is InChI=1S/C17H17N5O2/c1-12(24-11-13-7-3-2-4-8-13)16(23)20-17-19-15(21-22-17)14-9-5-6-10-18-14/h2-10,12H,11H2,1H3,(H2,19,20,21,22,23)/t12-/m1/s1. The molecule has 2 aromatic heterocycles. The maximum absolute atomic E-state index is 12.1. The maximum Gasteiger partial charge on any atom is 0.255 e. The summed E-state index contributed by atoms with van der Waals surface area (Å²) in [5, 5.41) is 9.34. The number of benzene rings is 1. The van der Waals surface area contributed by atoms with Crippen molar-refractivity contribution >= 4 is 11.9 Å². The topological polar surface area (TPSA) is 92.8 Å². The Bertz CT molecular complexity index is 789. The second-order valence-corrected chi connectivity index (χ2v) is 5.15. The Hall–Kier alpha value is -3.06. The molecular formula is C17H17N5O2.